The number of anilines is 1. The van der Waals surface area contributed by atoms with Crippen molar-refractivity contribution in [3.8, 4) is 22.9 Å². The molecule has 1 saturated heterocycles. The van der Waals surface area contributed by atoms with E-state index in [0.29, 0.717) is 67.4 Å². The van der Waals surface area contributed by atoms with Crippen LogP contribution in [-0.4, -0.2) is 57.0 Å². The van der Waals surface area contributed by atoms with Crippen LogP contribution in [0, 0.1) is 30.6 Å². The zero-order chi connectivity index (χ0) is 32.2. The van der Waals surface area contributed by atoms with Crippen molar-refractivity contribution in [2.45, 2.75) is 27.3 Å². The second-order valence-electron chi connectivity index (χ2n) is 11.5. The summed E-state index contributed by atoms with van der Waals surface area (Å²) in [7, 11) is 0. The fraction of sp³-hybridized carbons (Fsp3) is 0.281. The maximum Gasteiger partial charge on any atom is 0.338 e. The van der Waals surface area contributed by atoms with Crippen molar-refractivity contribution < 1.29 is 19.7 Å². The van der Waals surface area contributed by atoms with Gasteiger partial charge in [0, 0.05) is 45.7 Å². The van der Waals surface area contributed by atoms with Crippen molar-refractivity contribution in [3.05, 3.63) is 78.8 Å². The van der Waals surface area contributed by atoms with E-state index in [1.54, 1.807) is 43.5 Å². The third-order valence-corrected chi connectivity index (χ3v) is 9.53. The number of fused-ring (bicyclic) bond motifs is 2. The summed E-state index contributed by atoms with van der Waals surface area (Å²) in [5, 5.41) is 32.0. The standard InChI is InChI=1S/C32H27Cl2N5O5S/c1-16-8-20(29-27(36-16)22(12-45-29)31(42)43)19-9-18(33)4-5-25(19)44-7-6-39-17(2)37-24-10-23(34)28(21(11-35)26(24)30(39)41)38-13-32(3,14-38)15-40/h4-5,8-10,12,40H,6-7,13-15H2,1-3H3,(H,42,43). The number of carbonyl (C=O) groups is 1. The van der Waals surface area contributed by atoms with Crippen LogP contribution < -0.4 is 15.2 Å². The predicted octanol–water partition coefficient (Wildman–Crippen LogP) is 6.06. The van der Waals surface area contributed by atoms with E-state index in [2.05, 4.69) is 16.0 Å². The molecule has 2 aromatic carbocycles. The molecule has 1 aliphatic rings. The first-order chi connectivity index (χ1) is 21.4. The van der Waals surface area contributed by atoms with Crippen LogP contribution in [-0.2, 0) is 6.54 Å². The SMILES string of the molecule is Cc1cc(-c2cc(Cl)ccc2OCCn2c(C)nc3cc(Cl)c(N4CC(C)(CO)C4)c(C#N)c3c2=O)c2scc(C(=O)O)c2n1. The number of pyridine rings is 1. The molecule has 0 bridgehead atoms. The lowest BCUT2D eigenvalue weighted by Crippen LogP contribution is -2.57. The summed E-state index contributed by atoms with van der Waals surface area (Å²) in [5.74, 6) is -0.129. The molecule has 10 nitrogen and oxygen atoms in total. The number of aliphatic hydroxyl groups excluding tert-OH is 1. The van der Waals surface area contributed by atoms with Crippen molar-refractivity contribution in [2.75, 3.05) is 31.2 Å². The molecule has 0 radical (unpaired) electrons. The van der Waals surface area contributed by atoms with E-state index in [-0.39, 0.29) is 47.2 Å². The predicted molar refractivity (Wildman–Crippen MR) is 175 cm³/mol. The fourth-order valence-electron chi connectivity index (χ4n) is 5.84. The number of halogens is 2. The minimum Gasteiger partial charge on any atom is -0.491 e. The van der Waals surface area contributed by atoms with E-state index in [1.165, 1.54) is 15.9 Å². The maximum atomic E-state index is 13.9. The van der Waals surface area contributed by atoms with E-state index in [4.69, 9.17) is 27.9 Å². The molecule has 0 amide bonds. The average molecular weight is 665 g/mol. The zero-order valence-electron chi connectivity index (χ0n) is 24.5. The van der Waals surface area contributed by atoms with Crippen LogP contribution in [0.5, 0.6) is 5.75 Å². The molecule has 0 atom stereocenters. The first-order valence-corrected chi connectivity index (χ1v) is 15.6. The topological polar surface area (TPSA) is 142 Å². The van der Waals surface area contributed by atoms with Crippen LogP contribution >= 0.6 is 34.5 Å². The van der Waals surface area contributed by atoms with Gasteiger partial charge in [-0.2, -0.15) is 5.26 Å². The van der Waals surface area contributed by atoms with Crippen LogP contribution in [0.25, 0.3) is 32.2 Å². The molecule has 6 rings (SSSR count). The lowest BCUT2D eigenvalue weighted by Gasteiger charge is -2.49. The van der Waals surface area contributed by atoms with Crippen LogP contribution in [0.2, 0.25) is 10.0 Å². The molecule has 0 saturated carbocycles. The van der Waals surface area contributed by atoms with Gasteiger partial charge in [0.2, 0.25) is 0 Å². The molecular formula is C32H27Cl2N5O5S. The first-order valence-electron chi connectivity index (χ1n) is 14.0. The lowest BCUT2D eigenvalue weighted by atomic mass is 9.82. The van der Waals surface area contributed by atoms with Crippen LogP contribution in [0.3, 0.4) is 0 Å². The summed E-state index contributed by atoms with van der Waals surface area (Å²) in [6.45, 7) is 6.67. The molecular weight excluding hydrogens is 637 g/mol. The van der Waals surface area contributed by atoms with Crippen LogP contribution in [0.15, 0.2) is 40.5 Å². The van der Waals surface area contributed by atoms with Gasteiger partial charge in [-0.1, -0.05) is 30.1 Å². The molecule has 13 heteroatoms. The van der Waals surface area contributed by atoms with Gasteiger partial charge in [0.1, 0.15) is 24.3 Å². The Morgan fingerprint density at radius 2 is 1.93 bits per heavy atom. The number of carboxylic acid groups (broad SMARTS) is 1. The van der Waals surface area contributed by atoms with Gasteiger partial charge < -0.3 is 19.8 Å². The summed E-state index contributed by atoms with van der Waals surface area (Å²) in [6, 6.07) is 10.8. The third-order valence-electron chi connectivity index (χ3n) is 8.00. The molecule has 0 spiro atoms. The number of benzene rings is 2. The number of rotatable bonds is 8. The van der Waals surface area contributed by atoms with Crippen molar-refractivity contribution in [1.82, 2.24) is 14.5 Å². The summed E-state index contributed by atoms with van der Waals surface area (Å²) < 4.78 is 8.38. The second kappa shape index (κ2) is 11.6. The van der Waals surface area contributed by atoms with Gasteiger partial charge in [0.15, 0.2) is 0 Å². The number of hydrogen-bond acceptors (Lipinski definition) is 9. The normalized spacial score (nSPS) is 14.0. The summed E-state index contributed by atoms with van der Waals surface area (Å²) >= 11 is 14.3. The highest BCUT2D eigenvalue weighted by Gasteiger charge is 2.40. The van der Waals surface area contributed by atoms with Gasteiger partial charge in [-0.05, 0) is 44.2 Å². The Labute approximate surface area is 271 Å². The monoisotopic (exact) mass is 663 g/mol. The summed E-state index contributed by atoms with van der Waals surface area (Å²) in [6.07, 6.45) is 0. The Hall–Kier alpha value is -4.21. The van der Waals surface area contributed by atoms with Gasteiger partial charge in [0.05, 0.1) is 56.1 Å². The Morgan fingerprint density at radius 1 is 1.18 bits per heavy atom. The van der Waals surface area contributed by atoms with E-state index in [1.807, 2.05) is 17.9 Å². The molecule has 0 aliphatic carbocycles. The maximum absolute atomic E-state index is 13.9. The lowest BCUT2D eigenvalue weighted by molar-refractivity contribution is 0.0699. The first kappa shape index (κ1) is 30.8. The number of hydrogen-bond donors (Lipinski definition) is 2. The Morgan fingerprint density at radius 3 is 2.62 bits per heavy atom. The molecule has 2 N–H and O–H groups in total. The molecule has 1 aliphatic heterocycles. The highest BCUT2D eigenvalue weighted by molar-refractivity contribution is 7.18. The van der Waals surface area contributed by atoms with E-state index >= 15 is 0 Å². The van der Waals surface area contributed by atoms with Gasteiger partial charge in [-0.15, -0.1) is 11.3 Å². The van der Waals surface area contributed by atoms with E-state index in [9.17, 15) is 25.1 Å². The molecule has 4 heterocycles. The smallest absolute Gasteiger partial charge is 0.338 e. The summed E-state index contributed by atoms with van der Waals surface area (Å²) in [5.41, 5.74) is 2.81. The molecule has 3 aromatic heterocycles. The highest BCUT2D eigenvalue weighted by Crippen LogP contribution is 2.42. The highest BCUT2D eigenvalue weighted by atomic mass is 35.5. The van der Waals surface area contributed by atoms with Gasteiger partial charge in [-0.25, -0.2) is 9.78 Å². The Bertz CT molecular complexity index is 2130. The molecule has 1 fully saturated rings. The van der Waals surface area contributed by atoms with Crippen molar-refractivity contribution >= 4 is 67.3 Å². The number of aliphatic hydroxyl groups is 1. The number of ether oxygens (including phenoxy) is 1. The van der Waals surface area contributed by atoms with Gasteiger partial charge in [0.25, 0.3) is 5.56 Å². The summed E-state index contributed by atoms with van der Waals surface area (Å²) in [4.78, 5) is 36.6. The number of thiophene rings is 1. The minimum absolute atomic E-state index is 0.00180. The molecule has 230 valence electrons. The number of aryl methyl sites for hydroxylation is 2. The van der Waals surface area contributed by atoms with E-state index in [0.717, 1.165) is 5.56 Å². The van der Waals surface area contributed by atoms with Crippen molar-refractivity contribution in [2.24, 2.45) is 5.41 Å². The Balaban J connectivity index is 1.34. The van der Waals surface area contributed by atoms with Crippen LogP contribution in [0.4, 0.5) is 5.69 Å². The zero-order valence-corrected chi connectivity index (χ0v) is 26.8. The number of aromatic nitrogens is 3. The van der Waals surface area contributed by atoms with E-state index < -0.39 is 5.97 Å². The number of nitriles is 1. The second-order valence-corrected chi connectivity index (χ2v) is 13.2. The number of aromatic carboxylic acids is 1. The Kier molecular flexibility index (Phi) is 7.95. The number of carboxylic acids is 1. The third kappa shape index (κ3) is 5.38. The number of nitrogens with zero attached hydrogens (tertiary/aromatic N) is 5. The van der Waals surface area contributed by atoms with Crippen molar-refractivity contribution in [1.29, 1.82) is 5.26 Å². The molecule has 45 heavy (non-hydrogen) atoms. The van der Waals surface area contributed by atoms with Crippen LogP contribution in [0.1, 0.15) is 34.4 Å². The molecule has 0 unspecified atom stereocenters. The van der Waals surface area contributed by atoms with Gasteiger partial charge in [-0.3, -0.25) is 14.3 Å². The quantitative estimate of drug-likeness (QED) is 0.202. The van der Waals surface area contributed by atoms with Gasteiger partial charge >= 0.3 is 5.97 Å². The largest absolute Gasteiger partial charge is 0.491 e. The minimum atomic E-state index is -1.06. The fourth-order valence-corrected chi connectivity index (χ4v) is 7.34. The van der Waals surface area contributed by atoms with Crippen molar-refractivity contribution in [3.63, 3.8) is 0 Å². The average Bonchev–Trinajstić information content (AvgIpc) is 3.41. The molecule has 5 aromatic rings.